The Bertz CT molecular complexity index is 1290. The molecule has 1 aromatic heterocycles. The molecule has 0 saturated carbocycles. The molecule has 36 heavy (non-hydrogen) atoms. The van der Waals surface area contributed by atoms with Crippen molar-refractivity contribution < 1.29 is 9.53 Å². The van der Waals surface area contributed by atoms with E-state index in [1.54, 1.807) is 0 Å². The number of amides is 1. The molecule has 186 valence electrons. The van der Waals surface area contributed by atoms with E-state index >= 15 is 0 Å². The van der Waals surface area contributed by atoms with Gasteiger partial charge >= 0.3 is 0 Å². The van der Waals surface area contributed by atoms with Gasteiger partial charge in [-0.25, -0.2) is 0 Å². The SMILES string of the molecule is CC(C)Oc1ccc(-c2nnc(-c3cccc4c3CC[C@@H]4NCC(=O)N3CCCCC3)s2)cc1C#N. The maximum absolute atomic E-state index is 12.6. The predicted molar refractivity (Wildman–Crippen MR) is 141 cm³/mol. The highest BCUT2D eigenvalue weighted by Crippen LogP contribution is 2.40. The first-order valence-corrected chi connectivity index (χ1v) is 13.5. The van der Waals surface area contributed by atoms with E-state index in [-0.39, 0.29) is 18.1 Å². The van der Waals surface area contributed by atoms with Crippen LogP contribution in [0.25, 0.3) is 21.1 Å². The van der Waals surface area contributed by atoms with Crippen LogP contribution in [-0.4, -0.2) is 46.7 Å². The van der Waals surface area contributed by atoms with Crippen molar-refractivity contribution in [1.29, 1.82) is 5.26 Å². The number of carbonyl (C=O) groups is 1. The molecular formula is C28H31N5O2S. The molecular weight excluding hydrogens is 470 g/mol. The van der Waals surface area contributed by atoms with E-state index in [1.165, 1.54) is 28.9 Å². The molecule has 1 saturated heterocycles. The van der Waals surface area contributed by atoms with E-state index in [0.29, 0.717) is 17.9 Å². The van der Waals surface area contributed by atoms with Gasteiger partial charge in [0.2, 0.25) is 5.91 Å². The number of nitrogens with zero attached hydrogens (tertiary/aromatic N) is 4. The lowest BCUT2D eigenvalue weighted by Crippen LogP contribution is -2.41. The van der Waals surface area contributed by atoms with Crippen LogP contribution in [-0.2, 0) is 11.2 Å². The molecule has 1 N–H and O–H groups in total. The van der Waals surface area contributed by atoms with E-state index < -0.39 is 0 Å². The van der Waals surface area contributed by atoms with Crippen molar-refractivity contribution in [2.75, 3.05) is 19.6 Å². The van der Waals surface area contributed by atoms with Crippen molar-refractivity contribution in [1.82, 2.24) is 20.4 Å². The van der Waals surface area contributed by atoms with Gasteiger partial charge < -0.3 is 15.0 Å². The topological polar surface area (TPSA) is 91.1 Å². The lowest BCUT2D eigenvalue weighted by molar-refractivity contribution is -0.131. The van der Waals surface area contributed by atoms with Crippen molar-refractivity contribution >= 4 is 17.2 Å². The van der Waals surface area contributed by atoms with Gasteiger partial charge in [-0.15, -0.1) is 10.2 Å². The lowest BCUT2D eigenvalue weighted by atomic mass is 10.0. The smallest absolute Gasteiger partial charge is 0.236 e. The van der Waals surface area contributed by atoms with E-state index in [2.05, 4.69) is 39.8 Å². The summed E-state index contributed by atoms with van der Waals surface area (Å²) in [6.07, 6.45) is 5.35. The Morgan fingerprint density at radius 3 is 2.78 bits per heavy atom. The standard InChI is InChI=1S/C28H31N5O2S/c1-18(2)35-25-12-9-19(15-20(25)16-29)27-31-32-28(36-27)23-8-6-7-22-21(23)10-11-24(22)30-17-26(34)33-13-4-3-5-14-33/h6-9,12,15,18,24,30H,3-5,10-11,13-14,17H2,1-2H3/t24-/m0/s1. The van der Waals surface area contributed by atoms with Crippen LogP contribution in [0.2, 0.25) is 0 Å². The summed E-state index contributed by atoms with van der Waals surface area (Å²) in [5.74, 6) is 0.786. The van der Waals surface area contributed by atoms with E-state index in [0.717, 1.165) is 59.9 Å². The molecule has 3 aromatic rings. The number of fused-ring (bicyclic) bond motifs is 1. The highest BCUT2D eigenvalue weighted by Gasteiger charge is 2.27. The molecule has 2 heterocycles. The first kappa shape index (κ1) is 24.4. The number of nitriles is 1. The first-order chi connectivity index (χ1) is 17.5. The van der Waals surface area contributed by atoms with Gasteiger partial charge in [0.25, 0.3) is 0 Å². The minimum absolute atomic E-state index is 0.00235. The van der Waals surface area contributed by atoms with Crippen LogP contribution in [0, 0.1) is 11.3 Å². The molecule has 0 spiro atoms. The van der Waals surface area contributed by atoms with E-state index in [9.17, 15) is 10.1 Å². The van der Waals surface area contributed by atoms with Gasteiger partial charge in [-0.2, -0.15) is 5.26 Å². The minimum atomic E-state index is -0.00235. The van der Waals surface area contributed by atoms with E-state index in [4.69, 9.17) is 4.74 Å². The second-order valence-electron chi connectivity index (χ2n) is 9.69. The summed E-state index contributed by atoms with van der Waals surface area (Å²) in [6.45, 7) is 6.03. The maximum atomic E-state index is 12.6. The zero-order chi connectivity index (χ0) is 25.1. The Labute approximate surface area is 216 Å². The minimum Gasteiger partial charge on any atom is -0.490 e. The highest BCUT2D eigenvalue weighted by atomic mass is 32.1. The molecule has 5 rings (SSSR count). The Hall–Kier alpha value is -3.28. The number of aromatic nitrogens is 2. The Morgan fingerprint density at radius 1 is 1.19 bits per heavy atom. The molecule has 1 aliphatic heterocycles. The van der Waals surface area contributed by atoms with Crippen LogP contribution in [0.5, 0.6) is 5.75 Å². The summed E-state index contributed by atoms with van der Waals surface area (Å²) < 4.78 is 5.75. The van der Waals surface area contributed by atoms with Gasteiger partial charge in [0.1, 0.15) is 21.8 Å². The number of likely N-dealkylation sites (tertiary alicyclic amines) is 1. The van der Waals surface area contributed by atoms with Crippen LogP contribution in [0.3, 0.4) is 0 Å². The second-order valence-corrected chi connectivity index (χ2v) is 10.7. The summed E-state index contributed by atoms with van der Waals surface area (Å²) >= 11 is 1.53. The summed E-state index contributed by atoms with van der Waals surface area (Å²) in [7, 11) is 0. The molecule has 0 radical (unpaired) electrons. The number of hydrogen-bond acceptors (Lipinski definition) is 7. The normalized spacial score (nSPS) is 17.2. The first-order valence-electron chi connectivity index (χ1n) is 12.7. The fourth-order valence-electron chi connectivity index (χ4n) is 5.09. The molecule has 2 aromatic carbocycles. The zero-order valence-corrected chi connectivity index (χ0v) is 21.6. The fraction of sp³-hybridized carbons (Fsp3) is 0.429. The van der Waals surface area contributed by atoms with Gasteiger partial charge in [0.05, 0.1) is 18.2 Å². The van der Waals surface area contributed by atoms with Gasteiger partial charge in [0.15, 0.2) is 0 Å². The third-order valence-electron chi connectivity index (χ3n) is 6.84. The molecule has 1 amide bonds. The molecule has 2 aliphatic rings. The van der Waals surface area contributed by atoms with Gasteiger partial charge in [-0.3, -0.25) is 4.79 Å². The number of rotatable bonds is 7. The number of hydrogen-bond donors (Lipinski definition) is 1. The van der Waals surface area contributed by atoms with Crippen molar-refractivity contribution in [2.45, 2.75) is 58.1 Å². The molecule has 1 fully saturated rings. The molecule has 1 aliphatic carbocycles. The molecule has 0 unspecified atom stereocenters. The predicted octanol–water partition coefficient (Wildman–Crippen LogP) is 5.12. The Morgan fingerprint density at radius 2 is 2.00 bits per heavy atom. The largest absolute Gasteiger partial charge is 0.490 e. The van der Waals surface area contributed by atoms with Crippen molar-refractivity contribution in [2.24, 2.45) is 0 Å². The quantitative estimate of drug-likeness (QED) is 0.483. The number of piperidine rings is 1. The van der Waals surface area contributed by atoms with Crippen molar-refractivity contribution in [3.8, 4) is 33.0 Å². The summed E-state index contributed by atoms with van der Waals surface area (Å²) in [4.78, 5) is 14.6. The van der Waals surface area contributed by atoms with Crippen LogP contribution < -0.4 is 10.1 Å². The van der Waals surface area contributed by atoms with Crippen molar-refractivity contribution in [3.63, 3.8) is 0 Å². The maximum Gasteiger partial charge on any atom is 0.236 e. The summed E-state index contributed by atoms with van der Waals surface area (Å²) in [5, 5.41) is 23.7. The van der Waals surface area contributed by atoms with E-state index in [1.807, 2.05) is 36.9 Å². The molecule has 0 bridgehead atoms. The average molecular weight is 502 g/mol. The van der Waals surface area contributed by atoms with Crippen LogP contribution >= 0.6 is 11.3 Å². The lowest BCUT2D eigenvalue weighted by Gasteiger charge is -2.27. The number of nitrogens with one attached hydrogen (secondary N) is 1. The monoisotopic (exact) mass is 501 g/mol. The highest BCUT2D eigenvalue weighted by molar-refractivity contribution is 7.17. The third kappa shape index (κ3) is 5.13. The Balaban J connectivity index is 1.32. The van der Waals surface area contributed by atoms with Gasteiger partial charge in [-0.05, 0) is 75.3 Å². The average Bonchev–Trinajstić information content (AvgIpc) is 3.55. The van der Waals surface area contributed by atoms with Crippen LogP contribution in [0.1, 0.15) is 62.3 Å². The molecule has 8 heteroatoms. The number of carbonyl (C=O) groups excluding carboxylic acids is 1. The molecule has 7 nitrogen and oxygen atoms in total. The number of benzene rings is 2. The molecule has 1 atom stereocenters. The third-order valence-corrected chi connectivity index (χ3v) is 7.85. The van der Waals surface area contributed by atoms with Gasteiger partial charge in [-0.1, -0.05) is 29.5 Å². The van der Waals surface area contributed by atoms with Crippen LogP contribution in [0.4, 0.5) is 0 Å². The number of ether oxygens (including phenoxy) is 1. The van der Waals surface area contributed by atoms with Gasteiger partial charge in [0, 0.05) is 30.3 Å². The summed E-state index contributed by atoms with van der Waals surface area (Å²) in [5.41, 5.74) is 4.98. The van der Waals surface area contributed by atoms with Crippen LogP contribution in [0.15, 0.2) is 36.4 Å². The summed E-state index contributed by atoms with van der Waals surface area (Å²) in [6, 6.07) is 14.3. The zero-order valence-electron chi connectivity index (χ0n) is 20.8. The Kier molecular flexibility index (Phi) is 7.30. The second kappa shape index (κ2) is 10.8. The van der Waals surface area contributed by atoms with Crippen molar-refractivity contribution in [3.05, 3.63) is 53.1 Å². The fourth-order valence-corrected chi connectivity index (χ4v) is 5.98.